The largest absolute Gasteiger partial charge is 0.436 e. The van der Waals surface area contributed by atoms with Crippen LogP contribution in [0.15, 0.2) is 71.1 Å². The van der Waals surface area contributed by atoms with Gasteiger partial charge in [-0.3, -0.25) is 29.4 Å². The number of anilines is 1. The summed E-state index contributed by atoms with van der Waals surface area (Å²) in [5.74, 6) is -1.48. The predicted molar refractivity (Wildman–Crippen MR) is 121 cm³/mol. The zero-order chi connectivity index (χ0) is 24.0. The van der Waals surface area contributed by atoms with Crippen LogP contribution in [-0.2, 0) is 4.79 Å². The van der Waals surface area contributed by atoms with E-state index in [9.17, 15) is 24.5 Å². The average Bonchev–Trinajstić information content (AvgIpc) is 3.37. The van der Waals surface area contributed by atoms with E-state index in [2.05, 4.69) is 10.3 Å². The molecule has 168 valence electrons. The number of non-ortho nitro benzene ring substituents is 1. The smallest absolute Gasteiger partial charge is 0.273 e. The van der Waals surface area contributed by atoms with Crippen molar-refractivity contribution < 1.29 is 23.7 Å². The van der Waals surface area contributed by atoms with Gasteiger partial charge in [-0.1, -0.05) is 24.3 Å². The minimum absolute atomic E-state index is 0.133. The van der Waals surface area contributed by atoms with E-state index in [1.54, 1.807) is 48.5 Å². The minimum Gasteiger partial charge on any atom is -0.436 e. The Labute approximate surface area is 192 Å². The first-order valence-corrected chi connectivity index (χ1v) is 10.3. The first-order chi connectivity index (χ1) is 16.3. The lowest BCUT2D eigenvalue weighted by atomic mass is 10.1. The Hall–Kier alpha value is -4.86. The number of carbonyl (C=O) groups is 3. The molecule has 0 saturated heterocycles. The highest BCUT2D eigenvalue weighted by atomic mass is 16.6. The summed E-state index contributed by atoms with van der Waals surface area (Å²) >= 11 is 0. The second-order valence-electron chi connectivity index (χ2n) is 7.66. The van der Waals surface area contributed by atoms with Crippen molar-refractivity contribution in [2.45, 2.75) is 13.0 Å². The van der Waals surface area contributed by atoms with Crippen LogP contribution in [0.3, 0.4) is 0 Å². The number of carbonyl (C=O) groups excluding carboxylic acids is 3. The van der Waals surface area contributed by atoms with E-state index in [0.717, 1.165) is 4.90 Å². The van der Waals surface area contributed by atoms with Gasteiger partial charge in [-0.2, -0.15) is 0 Å². The molecule has 5 rings (SSSR count). The number of hydrogen-bond acceptors (Lipinski definition) is 7. The summed E-state index contributed by atoms with van der Waals surface area (Å²) in [7, 11) is 0. The summed E-state index contributed by atoms with van der Waals surface area (Å²) in [6.45, 7) is 1.47. The van der Waals surface area contributed by atoms with Gasteiger partial charge in [0.2, 0.25) is 11.8 Å². The van der Waals surface area contributed by atoms with Gasteiger partial charge in [0, 0.05) is 6.07 Å². The van der Waals surface area contributed by atoms with E-state index in [4.69, 9.17) is 4.42 Å². The first kappa shape index (κ1) is 21.0. The average molecular weight is 456 g/mol. The number of fused-ring (bicyclic) bond motifs is 2. The van der Waals surface area contributed by atoms with Crippen molar-refractivity contribution in [3.05, 3.63) is 88.0 Å². The van der Waals surface area contributed by atoms with E-state index in [1.165, 1.54) is 25.1 Å². The number of aromatic nitrogens is 1. The third kappa shape index (κ3) is 3.37. The van der Waals surface area contributed by atoms with Crippen LogP contribution in [0.5, 0.6) is 0 Å². The standard InChI is InChI=1S/C24H16N4O6/c1-13(27-23(30)15-6-2-3-7-16(15)24(27)31)21(29)25-18-9-5-4-8-17(18)22-26-19-11-10-14(28(32)33)12-20(19)34-22/h2-13H,1H3,(H,25,29). The molecule has 0 radical (unpaired) electrons. The predicted octanol–water partition coefficient (Wildman–Crippen LogP) is 4.03. The molecule has 3 aromatic carbocycles. The van der Waals surface area contributed by atoms with Gasteiger partial charge in [-0.25, -0.2) is 4.98 Å². The second-order valence-corrected chi connectivity index (χ2v) is 7.66. The zero-order valence-electron chi connectivity index (χ0n) is 17.7. The number of para-hydroxylation sites is 1. The van der Waals surface area contributed by atoms with Gasteiger partial charge in [-0.15, -0.1) is 0 Å². The Morgan fingerprint density at radius 3 is 2.26 bits per heavy atom. The normalized spacial score (nSPS) is 13.7. The summed E-state index contributed by atoms with van der Waals surface area (Å²) in [4.78, 5) is 54.3. The van der Waals surface area contributed by atoms with Crippen molar-refractivity contribution in [1.29, 1.82) is 0 Å². The molecule has 0 spiro atoms. The molecule has 0 fully saturated rings. The summed E-state index contributed by atoms with van der Waals surface area (Å²) in [6.07, 6.45) is 0. The molecule has 34 heavy (non-hydrogen) atoms. The second kappa shape index (κ2) is 7.93. The lowest BCUT2D eigenvalue weighted by molar-refractivity contribution is -0.384. The van der Waals surface area contributed by atoms with E-state index in [1.807, 2.05) is 0 Å². The molecule has 2 heterocycles. The topological polar surface area (TPSA) is 136 Å². The summed E-state index contributed by atoms with van der Waals surface area (Å²) in [5.41, 5.74) is 1.81. The molecule has 10 heteroatoms. The third-order valence-electron chi connectivity index (χ3n) is 5.59. The van der Waals surface area contributed by atoms with Crippen LogP contribution in [0.4, 0.5) is 11.4 Å². The van der Waals surface area contributed by atoms with Crippen LogP contribution >= 0.6 is 0 Å². The third-order valence-corrected chi connectivity index (χ3v) is 5.59. The highest BCUT2D eigenvalue weighted by molar-refractivity contribution is 6.23. The molecule has 1 atom stereocenters. The summed E-state index contributed by atoms with van der Waals surface area (Å²) in [6, 6.07) is 16.1. The van der Waals surface area contributed by atoms with Crippen molar-refractivity contribution in [3.63, 3.8) is 0 Å². The maximum Gasteiger partial charge on any atom is 0.273 e. The van der Waals surface area contributed by atoms with Crippen LogP contribution in [-0.4, -0.2) is 38.6 Å². The van der Waals surface area contributed by atoms with Crippen molar-refractivity contribution in [1.82, 2.24) is 9.88 Å². The van der Waals surface area contributed by atoms with Gasteiger partial charge in [0.25, 0.3) is 17.5 Å². The molecule has 1 aromatic heterocycles. The number of oxazole rings is 1. The lowest BCUT2D eigenvalue weighted by Gasteiger charge is -2.22. The van der Waals surface area contributed by atoms with Crippen LogP contribution in [0.25, 0.3) is 22.6 Å². The number of amides is 3. The van der Waals surface area contributed by atoms with Crippen molar-refractivity contribution in [2.75, 3.05) is 5.32 Å². The number of benzene rings is 3. The van der Waals surface area contributed by atoms with Crippen LogP contribution in [0.2, 0.25) is 0 Å². The molecule has 10 nitrogen and oxygen atoms in total. The van der Waals surface area contributed by atoms with E-state index in [-0.39, 0.29) is 28.3 Å². The summed E-state index contributed by atoms with van der Waals surface area (Å²) in [5, 5.41) is 13.8. The van der Waals surface area contributed by atoms with Crippen LogP contribution < -0.4 is 5.32 Å². The Bertz CT molecular complexity index is 1470. The molecule has 1 unspecified atom stereocenters. The number of nitrogens with one attached hydrogen (secondary N) is 1. The first-order valence-electron chi connectivity index (χ1n) is 10.3. The molecule has 0 bridgehead atoms. The van der Waals surface area contributed by atoms with Gasteiger partial charge >= 0.3 is 0 Å². The van der Waals surface area contributed by atoms with Crippen molar-refractivity contribution >= 4 is 40.2 Å². The van der Waals surface area contributed by atoms with Gasteiger partial charge < -0.3 is 9.73 Å². The maximum atomic E-state index is 13.0. The maximum absolute atomic E-state index is 13.0. The minimum atomic E-state index is -1.08. The van der Waals surface area contributed by atoms with Crippen LogP contribution in [0.1, 0.15) is 27.6 Å². The Kier molecular flexibility index (Phi) is 4.90. The fourth-order valence-electron chi connectivity index (χ4n) is 3.83. The zero-order valence-corrected chi connectivity index (χ0v) is 17.7. The van der Waals surface area contributed by atoms with Crippen molar-refractivity contribution in [2.24, 2.45) is 0 Å². The monoisotopic (exact) mass is 456 g/mol. The molecular weight excluding hydrogens is 440 g/mol. The molecular formula is C24H16N4O6. The van der Waals surface area contributed by atoms with Crippen LogP contribution in [0, 0.1) is 10.1 Å². The van der Waals surface area contributed by atoms with Gasteiger partial charge in [0.05, 0.1) is 33.4 Å². The molecule has 1 aliphatic rings. The Morgan fingerprint density at radius 2 is 1.62 bits per heavy atom. The molecule has 4 aromatic rings. The Balaban J connectivity index is 1.43. The van der Waals surface area contributed by atoms with E-state index in [0.29, 0.717) is 16.8 Å². The number of rotatable bonds is 5. The quantitative estimate of drug-likeness (QED) is 0.272. The van der Waals surface area contributed by atoms with E-state index >= 15 is 0 Å². The molecule has 1 N–H and O–H groups in total. The number of nitro benzene ring substituents is 1. The van der Waals surface area contributed by atoms with Gasteiger partial charge in [0.1, 0.15) is 11.6 Å². The molecule has 0 aliphatic carbocycles. The molecule has 1 aliphatic heterocycles. The van der Waals surface area contributed by atoms with Crippen molar-refractivity contribution in [3.8, 4) is 11.5 Å². The fourth-order valence-corrected chi connectivity index (χ4v) is 3.83. The molecule has 0 saturated carbocycles. The summed E-state index contributed by atoms with van der Waals surface area (Å²) < 4.78 is 5.72. The van der Waals surface area contributed by atoms with E-state index < -0.39 is 28.7 Å². The highest BCUT2D eigenvalue weighted by Gasteiger charge is 2.40. The Morgan fingerprint density at radius 1 is 1.00 bits per heavy atom. The van der Waals surface area contributed by atoms with Gasteiger partial charge in [0.15, 0.2) is 5.58 Å². The number of imide groups is 1. The SMILES string of the molecule is CC(C(=O)Nc1ccccc1-c1nc2ccc([N+](=O)[O-])cc2o1)N1C(=O)c2ccccc2C1=O. The van der Waals surface area contributed by atoms with Gasteiger partial charge in [-0.05, 0) is 37.3 Å². The number of nitrogens with zero attached hydrogens (tertiary/aromatic N) is 3. The number of hydrogen-bond donors (Lipinski definition) is 1. The highest BCUT2D eigenvalue weighted by Crippen LogP contribution is 2.32. The lowest BCUT2D eigenvalue weighted by Crippen LogP contribution is -2.45. The molecule has 3 amide bonds. The fraction of sp³-hybridized carbons (Fsp3) is 0.0833. The number of nitro groups is 1.